The van der Waals surface area contributed by atoms with Crippen LogP contribution in [0.2, 0.25) is 0 Å². The number of alkyl halides is 4. The number of fused-ring (bicyclic) bond motifs is 4. The summed E-state index contributed by atoms with van der Waals surface area (Å²) in [5, 5.41) is 17.8. The first-order valence-corrected chi connectivity index (χ1v) is 14.0. The topological polar surface area (TPSA) is 88.2 Å². The van der Waals surface area contributed by atoms with E-state index in [1.807, 2.05) is 18.2 Å². The molecule has 0 amide bonds. The molecule has 0 bridgehead atoms. The van der Waals surface area contributed by atoms with Crippen molar-refractivity contribution in [1.29, 1.82) is 0 Å². The summed E-state index contributed by atoms with van der Waals surface area (Å²) in [7, 11) is 0. The number of aromatic nitrogens is 4. The molecule has 0 spiro atoms. The third-order valence-electron chi connectivity index (χ3n) is 8.33. The fourth-order valence-corrected chi connectivity index (χ4v) is 6.36. The molecular weight excluding hydrogens is 586 g/mol. The summed E-state index contributed by atoms with van der Waals surface area (Å²) in [5.41, 5.74) is 4.35. The van der Waals surface area contributed by atoms with Crippen molar-refractivity contribution in [2.45, 2.75) is 49.9 Å². The van der Waals surface area contributed by atoms with Crippen molar-refractivity contribution in [1.82, 2.24) is 25.1 Å². The highest BCUT2D eigenvalue weighted by atomic mass is 19.3. The van der Waals surface area contributed by atoms with E-state index >= 15 is 8.78 Å². The maximum absolute atomic E-state index is 15.1. The average molecular weight is 611 g/mol. The minimum absolute atomic E-state index is 0.0686. The number of nitrogens with one attached hydrogen (secondary N) is 1. The van der Waals surface area contributed by atoms with Gasteiger partial charge in [-0.05, 0) is 48.6 Å². The summed E-state index contributed by atoms with van der Waals surface area (Å²) < 4.78 is 86.8. The summed E-state index contributed by atoms with van der Waals surface area (Å²) in [4.78, 5) is 12.7. The number of aliphatic hydroxyl groups is 1. The summed E-state index contributed by atoms with van der Waals surface area (Å²) >= 11 is 0. The monoisotopic (exact) mass is 610 g/mol. The van der Waals surface area contributed by atoms with Crippen LogP contribution in [0.5, 0.6) is 0 Å². The van der Waals surface area contributed by atoms with E-state index in [1.165, 1.54) is 12.5 Å². The molecule has 1 aliphatic heterocycles. The Morgan fingerprint density at radius 1 is 1.11 bits per heavy atom. The molecule has 1 fully saturated rings. The molecule has 1 aromatic carbocycles. The van der Waals surface area contributed by atoms with Gasteiger partial charge in [-0.3, -0.25) is 15.0 Å². The Balaban J connectivity index is 1.25. The van der Waals surface area contributed by atoms with Crippen LogP contribution in [0.15, 0.2) is 71.4 Å². The van der Waals surface area contributed by atoms with E-state index in [9.17, 15) is 22.7 Å². The van der Waals surface area contributed by atoms with Gasteiger partial charge in [0, 0.05) is 58.8 Å². The maximum atomic E-state index is 15.1. The summed E-state index contributed by atoms with van der Waals surface area (Å²) in [5.74, 6) is -6.79. The fourth-order valence-electron chi connectivity index (χ4n) is 6.36. The molecule has 4 unspecified atom stereocenters. The van der Waals surface area contributed by atoms with Gasteiger partial charge in [-0.1, -0.05) is 6.08 Å². The van der Waals surface area contributed by atoms with E-state index in [1.54, 1.807) is 12.4 Å². The highest BCUT2D eigenvalue weighted by Gasteiger charge is 2.67. The van der Waals surface area contributed by atoms with Crippen molar-refractivity contribution >= 4 is 11.8 Å². The Kier molecular flexibility index (Phi) is 6.91. The van der Waals surface area contributed by atoms with E-state index in [0.29, 0.717) is 16.8 Å². The van der Waals surface area contributed by atoms with Crippen LogP contribution in [0.1, 0.15) is 58.6 Å². The molecule has 3 aliphatic carbocycles. The highest BCUT2D eigenvalue weighted by molar-refractivity contribution is 5.82. The van der Waals surface area contributed by atoms with Gasteiger partial charge in [0.15, 0.2) is 0 Å². The third-order valence-corrected chi connectivity index (χ3v) is 8.33. The molecule has 44 heavy (non-hydrogen) atoms. The summed E-state index contributed by atoms with van der Waals surface area (Å²) in [6.45, 7) is -0.586. The van der Waals surface area contributed by atoms with Crippen LogP contribution in [0.25, 0.3) is 5.57 Å². The number of benzene rings is 1. The summed E-state index contributed by atoms with van der Waals surface area (Å²) in [6.07, 6.45) is 7.10. The van der Waals surface area contributed by atoms with Crippen molar-refractivity contribution in [2.24, 2.45) is 16.8 Å². The first-order chi connectivity index (χ1) is 21.1. The Morgan fingerprint density at radius 2 is 1.91 bits per heavy atom. The van der Waals surface area contributed by atoms with Gasteiger partial charge in [-0.15, -0.1) is 5.73 Å². The number of hydrogen-bond donors (Lipinski definition) is 2. The number of aliphatic imine (C=N–C) groups is 1. The zero-order valence-electron chi connectivity index (χ0n) is 22.8. The molecule has 2 N–H and O–H groups in total. The van der Waals surface area contributed by atoms with Gasteiger partial charge in [0.25, 0.3) is 12.3 Å². The minimum Gasteiger partial charge on any atom is -0.377 e. The van der Waals surface area contributed by atoms with Crippen molar-refractivity contribution < 1.29 is 31.4 Å². The second kappa shape index (κ2) is 10.7. The Morgan fingerprint density at radius 3 is 2.68 bits per heavy atom. The van der Waals surface area contributed by atoms with Gasteiger partial charge in [0.1, 0.15) is 35.6 Å². The first kappa shape index (κ1) is 28.5. The Hall–Kier alpha value is -4.32. The van der Waals surface area contributed by atoms with E-state index in [-0.39, 0.29) is 29.9 Å². The van der Waals surface area contributed by atoms with Crippen LogP contribution in [-0.4, -0.2) is 37.3 Å². The predicted molar refractivity (Wildman–Crippen MR) is 147 cm³/mol. The number of halogens is 6. The van der Waals surface area contributed by atoms with Gasteiger partial charge < -0.3 is 5.11 Å². The van der Waals surface area contributed by atoms with Crippen molar-refractivity contribution in [3.05, 3.63) is 112 Å². The number of aliphatic hydroxyl groups excluding tert-OH is 1. The molecule has 1 saturated carbocycles. The zero-order chi connectivity index (χ0) is 30.7. The SMILES string of the molecule is OC(Cn1nc(C(F)F)c2c1C(F)(F)C1CC21)N[C@@H](Cc1cc(F)cc(F)c1)c1ncncc1C1=C=C2C=CN=CC2C=C1. The maximum Gasteiger partial charge on any atom is 0.293 e. The molecule has 0 radical (unpaired) electrons. The molecule has 226 valence electrons. The van der Waals surface area contributed by atoms with Crippen LogP contribution in [0.3, 0.4) is 0 Å². The van der Waals surface area contributed by atoms with Gasteiger partial charge in [-0.2, -0.15) is 13.9 Å². The van der Waals surface area contributed by atoms with Gasteiger partial charge in [0.2, 0.25) is 0 Å². The lowest BCUT2D eigenvalue weighted by Gasteiger charge is -2.25. The van der Waals surface area contributed by atoms with Crippen molar-refractivity contribution in [3.8, 4) is 0 Å². The van der Waals surface area contributed by atoms with Crippen molar-refractivity contribution in [3.63, 3.8) is 0 Å². The average Bonchev–Trinajstić information content (AvgIpc) is 3.64. The fraction of sp³-hybridized carbons (Fsp3) is 0.323. The van der Waals surface area contributed by atoms with Gasteiger partial charge in [0.05, 0.1) is 18.3 Å². The predicted octanol–water partition coefficient (Wildman–Crippen LogP) is 5.68. The van der Waals surface area contributed by atoms with E-state index in [4.69, 9.17) is 0 Å². The van der Waals surface area contributed by atoms with Crippen LogP contribution < -0.4 is 5.32 Å². The van der Waals surface area contributed by atoms with Crippen molar-refractivity contribution in [2.75, 3.05) is 0 Å². The molecule has 3 aromatic rings. The lowest BCUT2D eigenvalue weighted by molar-refractivity contribution is -0.0334. The molecule has 2 aromatic heterocycles. The number of allylic oxidation sites excluding steroid dienone is 4. The third kappa shape index (κ3) is 5.00. The first-order valence-electron chi connectivity index (χ1n) is 14.0. The van der Waals surface area contributed by atoms with Crippen LogP contribution >= 0.6 is 0 Å². The minimum atomic E-state index is -3.36. The summed E-state index contributed by atoms with van der Waals surface area (Å²) in [6, 6.07) is 2.05. The van der Waals surface area contributed by atoms with E-state index in [2.05, 4.69) is 31.1 Å². The van der Waals surface area contributed by atoms with Crippen LogP contribution in [0.4, 0.5) is 26.3 Å². The smallest absolute Gasteiger partial charge is 0.293 e. The largest absolute Gasteiger partial charge is 0.377 e. The number of rotatable bonds is 9. The molecule has 7 rings (SSSR count). The lowest BCUT2D eigenvalue weighted by atomic mass is 9.89. The molecule has 0 saturated heterocycles. The van der Waals surface area contributed by atoms with Gasteiger partial charge >= 0.3 is 0 Å². The molecular formula is C31H24F6N6O. The molecule has 4 aliphatic rings. The second-order valence-corrected chi connectivity index (χ2v) is 11.2. The van der Waals surface area contributed by atoms with E-state index in [0.717, 1.165) is 28.5 Å². The van der Waals surface area contributed by atoms with Gasteiger partial charge in [-0.25, -0.2) is 27.5 Å². The van der Waals surface area contributed by atoms with Crippen LogP contribution in [-0.2, 0) is 18.9 Å². The highest BCUT2D eigenvalue weighted by Crippen LogP contribution is 2.68. The number of nitrogens with zero attached hydrogens (tertiary/aromatic N) is 5. The quantitative estimate of drug-likeness (QED) is 0.185. The Bertz CT molecular complexity index is 1790. The molecule has 5 atom stereocenters. The lowest BCUT2D eigenvalue weighted by Crippen LogP contribution is -2.39. The Labute approximate surface area is 247 Å². The number of hydrogen-bond acceptors (Lipinski definition) is 6. The zero-order valence-corrected chi connectivity index (χ0v) is 22.8. The molecule has 3 heterocycles. The second-order valence-electron chi connectivity index (χ2n) is 11.2. The standard InChI is InChI=1S/C31H24F6N6O/c32-19-5-15(6-20(33)9-19)7-24(27-22(12-39-14-40-27)17-1-2-18-11-38-4-3-16(18)8-17)41-25(44)13-43-29-26(28(42-43)30(34)35)21-10-23(21)31(29,36)37/h1-6,9,11-12,14,18,21,23-25,30,41,44H,7,10,13H2/t18?,21?,23?,24-,25?/m0/s1. The normalized spacial score (nSPS) is 23.6. The van der Waals surface area contributed by atoms with Crippen LogP contribution in [0, 0.1) is 23.5 Å². The van der Waals surface area contributed by atoms with E-state index < -0.39 is 66.0 Å². The molecule has 13 heteroatoms. The molecule has 7 nitrogen and oxygen atoms in total.